The van der Waals surface area contributed by atoms with Crippen molar-refractivity contribution >= 4 is 21.8 Å². The third-order valence-corrected chi connectivity index (χ3v) is 4.55. The number of hydrogen-bond donors (Lipinski definition) is 1. The van der Waals surface area contributed by atoms with E-state index in [4.69, 9.17) is 10.00 Å². The fourth-order valence-electron chi connectivity index (χ4n) is 1.92. The van der Waals surface area contributed by atoms with Crippen molar-refractivity contribution < 1.29 is 35.1 Å². The molecule has 142 valence electrons. The van der Waals surface area contributed by atoms with Crippen LogP contribution in [0.4, 0.5) is 27.6 Å². The lowest BCUT2D eigenvalue weighted by atomic mass is 10.1. The summed E-state index contributed by atoms with van der Waals surface area (Å²) in [6, 6.07) is 6.46. The van der Waals surface area contributed by atoms with Crippen LogP contribution in [0.3, 0.4) is 0 Å². The van der Waals surface area contributed by atoms with Crippen LogP contribution >= 0.6 is 0 Å². The lowest BCUT2D eigenvalue weighted by molar-refractivity contribution is 0.377. The zero-order valence-corrected chi connectivity index (χ0v) is 14.2. The van der Waals surface area contributed by atoms with E-state index in [1.54, 1.807) is 0 Å². The summed E-state index contributed by atoms with van der Waals surface area (Å²) < 4.78 is 98.1. The smallest absolute Gasteiger partial charge is 0.272 e. The fourth-order valence-corrected chi connectivity index (χ4v) is 2.87. The number of allylic oxidation sites excluding steroid dienone is 1. The zero-order chi connectivity index (χ0) is 20.4. The molecule has 2 aromatic carbocycles. The number of benzene rings is 2. The van der Waals surface area contributed by atoms with Gasteiger partial charge in [0.2, 0.25) is 5.82 Å². The molecule has 11 heteroatoms. The summed E-state index contributed by atoms with van der Waals surface area (Å²) in [4.78, 5) is -1.26. The molecule has 1 N–H and O–H groups in total. The Balaban J connectivity index is 2.51. The molecular weight excluding hydrogens is 395 g/mol. The van der Waals surface area contributed by atoms with Gasteiger partial charge < -0.3 is 4.74 Å². The minimum atomic E-state index is -4.68. The molecule has 0 aliphatic rings. The molecule has 5 nitrogen and oxygen atoms in total. The SMILES string of the molecule is COc1ccc(NS(=O)(=O)C(C#N)=Cc2c(F)c(F)c(F)c(F)c2F)cc1. The van der Waals surface area contributed by atoms with Gasteiger partial charge in [0.25, 0.3) is 10.0 Å². The van der Waals surface area contributed by atoms with E-state index in [-0.39, 0.29) is 11.8 Å². The molecule has 27 heavy (non-hydrogen) atoms. The van der Waals surface area contributed by atoms with Crippen molar-refractivity contribution in [1.29, 1.82) is 5.26 Å². The molecule has 0 bridgehead atoms. The van der Waals surface area contributed by atoms with Crippen molar-refractivity contribution in [3.8, 4) is 11.8 Å². The highest BCUT2D eigenvalue weighted by atomic mass is 32.2. The monoisotopic (exact) mass is 404 g/mol. The van der Waals surface area contributed by atoms with Crippen LogP contribution in [0.5, 0.6) is 5.75 Å². The summed E-state index contributed by atoms with van der Waals surface area (Å²) in [5.41, 5.74) is -1.59. The standard InChI is InChI=1S/C16H9F5N2O3S/c1-26-9-4-2-8(3-5-9)23-27(24,25)10(7-22)6-11-12(17)14(19)16(21)15(20)13(11)18/h2-6,23H,1H3. The molecule has 0 saturated carbocycles. The molecule has 0 aromatic heterocycles. The van der Waals surface area contributed by atoms with Crippen LogP contribution in [0.15, 0.2) is 29.2 Å². The highest BCUT2D eigenvalue weighted by Crippen LogP contribution is 2.26. The maximum atomic E-state index is 13.7. The van der Waals surface area contributed by atoms with Crippen LogP contribution in [0.2, 0.25) is 0 Å². The normalized spacial score (nSPS) is 11.8. The minimum absolute atomic E-state index is 0.0330. The van der Waals surface area contributed by atoms with Gasteiger partial charge >= 0.3 is 0 Å². The quantitative estimate of drug-likeness (QED) is 0.357. The van der Waals surface area contributed by atoms with Crippen molar-refractivity contribution in [3.05, 3.63) is 63.8 Å². The van der Waals surface area contributed by atoms with Crippen LogP contribution in [0.1, 0.15) is 5.56 Å². The van der Waals surface area contributed by atoms with Crippen molar-refractivity contribution in [3.63, 3.8) is 0 Å². The number of halogens is 5. The van der Waals surface area contributed by atoms with Crippen LogP contribution in [0.25, 0.3) is 6.08 Å². The number of sulfonamides is 1. The van der Waals surface area contributed by atoms with Gasteiger partial charge in [0, 0.05) is 5.69 Å². The lowest BCUT2D eigenvalue weighted by Gasteiger charge is -2.09. The summed E-state index contributed by atoms with van der Waals surface area (Å²) in [6.07, 6.45) is 0.0577. The molecule has 0 saturated heterocycles. The van der Waals surface area contributed by atoms with Crippen molar-refractivity contribution in [2.75, 3.05) is 11.8 Å². The van der Waals surface area contributed by atoms with E-state index in [1.807, 2.05) is 4.72 Å². The number of nitrogens with zero attached hydrogens (tertiary/aromatic N) is 1. The molecule has 2 aromatic rings. The number of nitrogens with one attached hydrogen (secondary N) is 1. The van der Waals surface area contributed by atoms with E-state index in [9.17, 15) is 30.4 Å². The first-order chi connectivity index (χ1) is 12.6. The molecule has 0 atom stereocenters. The van der Waals surface area contributed by atoms with Crippen LogP contribution in [-0.2, 0) is 10.0 Å². The average Bonchev–Trinajstić information content (AvgIpc) is 2.65. The molecular formula is C16H9F5N2O3S. The molecule has 2 rings (SSSR count). The van der Waals surface area contributed by atoms with E-state index in [1.165, 1.54) is 31.4 Å². The Bertz CT molecular complexity index is 1030. The third-order valence-electron chi connectivity index (χ3n) is 3.26. The number of methoxy groups -OCH3 is 1. The lowest BCUT2D eigenvalue weighted by Crippen LogP contribution is -2.15. The first-order valence-electron chi connectivity index (χ1n) is 6.92. The number of rotatable bonds is 5. The van der Waals surface area contributed by atoms with Crippen LogP contribution in [0, 0.1) is 40.4 Å². The second-order valence-corrected chi connectivity index (χ2v) is 6.59. The Kier molecular flexibility index (Phi) is 5.70. The molecule has 0 spiro atoms. The summed E-state index contributed by atoms with van der Waals surface area (Å²) >= 11 is 0. The second-order valence-electron chi connectivity index (χ2n) is 4.94. The van der Waals surface area contributed by atoms with Gasteiger partial charge in [-0.25, -0.2) is 30.4 Å². The fraction of sp³-hybridized carbons (Fsp3) is 0.0625. The van der Waals surface area contributed by atoms with Crippen LogP contribution < -0.4 is 9.46 Å². The van der Waals surface area contributed by atoms with Gasteiger partial charge in [-0.2, -0.15) is 5.26 Å². The van der Waals surface area contributed by atoms with Gasteiger partial charge in [0.05, 0.1) is 12.7 Å². The van der Waals surface area contributed by atoms with E-state index in [2.05, 4.69) is 0 Å². The second kappa shape index (κ2) is 7.63. The highest BCUT2D eigenvalue weighted by Gasteiger charge is 2.27. The molecule has 0 radical (unpaired) electrons. The first kappa shape index (κ1) is 20.2. The number of nitriles is 1. The summed E-state index contributed by atoms with van der Waals surface area (Å²) in [5, 5.41) is 8.99. The van der Waals surface area contributed by atoms with Gasteiger partial charge in [0.1, 0.15) is 11.8 Å². The van der Waals surface area contributed by atoms with Crippen LogP contribution in [-0.4, -0.2) is 15.5 Å². The molecule has 0 fully saturated rings. The number of anilines is 1. The Morgan fingerprint density at radius 3 is 1.93 bits per heavy atom. The van der Waals surface area contributed by atoms with Gasteiger partial charge in [-0.15, -0.1) is 0 Å². The number of hydrogen-bond acceptors (Lipinski definition) is 4. The van der Waals surface area contributed by atoms with E-state index < -0.39 is 49.6 Å². The highest BCUT2D eigenvalue weighted by molar-refractivity contribution is 7.96. The zero-order valence-electron chi connectivity index (χ0n) is 13.4. The van der Waals surface area contributed by atoms with E-state index in [0.717, 1.165) is 6.07 Å². The Morgan fingerprint density at radius 1 is 1.00 bits per heavy atom. The molecule has 0 heterocycles. The summed E-state index contributed by atoms with van der Waals surface area (Å²) in [7, 11) is -3.30. The first-order valence-corrected chi connectivity index (χ1v) is 8.40. The van der Waals surface area contributed by atoms with Gasteiger partial charge in [-0.3, -0.25) is 4.72 Å². The predicted octanol–water partition coefficient (Wildman–Crippen LogP) is 3.70. The largest absolute Gasteiger partial charge is 0.497 e. The Morgan fingerprint density at radius 2 is 1.48 bits per heavy atom. The van der Waals surface area contributed by atoms with E-state index >= 15 is 0 Å². The number of ether oxygens (including phenoxy) is 1. The molecule has 0 unspecified atom stereocenters. The maximum Gasteiger partial charge on any atom is 0.272 e. The van der Waals surface area contributed by atoms with Crippen molar-refractivity contribution in [2.45, 2.75) is 0 Å². The molecule has 0 aliphatic heterocycles. The van der Waals surface area contributed by atoms with Crippen molar-refractivity contribution in [1.82, 2.24) is 0 Å². The Hall–Kier alpha value is -3.13. The topological polar surface area (TPSA) is 79.2 Å². The van der Waals surface area contributed by atoms with Gasteiger partial charge in [-0.1, -0.05) is 0 Å². The van der Waals surface area contributed by atoms with Crippen molar-refractivity contribution in [2.24, 2.45) is 0 Å². The predicted molar refractivity (Wildman–Crippen MR) is 85.4 cm³/mol. The maximum absolute atomic E-state index is 13.7. The molecule has 0 amide bonds. The minimum Gasteiger partial charge on any atom is -0.497 e. The molecule has 0 aliphatic carbocycles. The van der Waals surface area contributed by atoms with Gasteiger partial charge in [-0.05, 0) is 30.3 Å². The summed E-state index contributed by atoms with van der Waals surface area (Å²) in [6.45, 7) is 0. The summed E-state index contributed by atoms with van der Waals surface area (Å²) in [5.74, 6) is -11.1. The average molecular weight is 404 g/mol. The van der Waals surface area contributed by atoms with Gasteiger partial charge in [0.15, 0.2) is 28.2 Å². The Labute approximate surface area is 150 Å². The third kappa shape index (κ3) is 4.01. The van der Waals surface area contributed by atoms with E-state index in [0.29, 0.717) is 5.75 Å².